The number of carbonyl (C=O) groups is 1. The van der Waals surface area contributed by atoms with Crippen LogP contribution in [-0.4, -0.2) is 83.7 Å². The standard InChI is InChI=1S/C23H36N2O8S/c1-17(2)18-15-21(23(27)24-9-13-30-3)33-22(16-18)32-14-11-25(10-12-26)34(28,29)20-7-5-19(31-4)6-8-20/h5-8,15,17-18,22,26H,9-14,16H2,1-4H3,(H,24,27)/t18-,22+/m0/s1. The molecular formula is C23H36N2O8S. The number of hydrogen-bond donors (Lipinski definition) is 2. The maximum absolute atomic E-state index is 13.0. The molecule has 0 saturated heterocycles. The highest BCUT2D eigenvalue weighted by Crippen LogP contribution is 2.29. The van der Waals surface area contributed by atoms with Crippen molar-refractivity contribution in [2.45, 2.75) is 31.5 Å². The molecule has 2 N–H and O–H groups in total. The summed E-state index contributed by atoms with van der Waals surface area (Å²) in [5, 5.41) is 12.1. The minimum absolute atomic E-state index is 0.0141. The van der Waals surface area contributed by atoms with Gasteiger partial charge in [-0.2, -0.15) is 4.31 Å². The Bertz CT molecular complexity index is 902. The van der Waals surface area contributed by atoms with Crippen LogP contribution >= 0.6 is 0 Å². The van der Waals surface area contributed by atoms with Gasteiger partial charge >= 0.3 is 0 Å². The fourth-order valence-corrected chi connectivity index (χ4v) is 4.82. The van der Waals surface area contributed by atoms with E-state index in [4.69, 9.17) is 18.9 Å². The summed E-state index contributed by atoms with van der Waals surface area (Å²) in [7, 11) is -0.791. The maximum Gasteiger partial charge on any atom is 0.286 e. The molecule has 0 fully saturated rings. The van der Waals surface area contributed by atoms with E-state index >= 15 is 0 Å². The van der Waals surface area contributed by atoms with Crippen LogP contribution in [0, 0.1) is 11.8 Å². The molecule has 2 atom stereocenters. The number of allylic oxidation sites excluding steroid dienone is 1. The monoisotopic (exact) mass is 500 g/mol. The van der Waals surface area contributed by atoms with Crippen LogP contribution < -0.4 is 10.1 Å². The smallest absolute Gasteiger partial charge is 0.286 e. The van der Waals surface area contributed by atoms with Gasteiger partial charge in [0.25, 0.3) is 5.91 Å². The van der Waals surface area contributed by atoms with E-state index in [-0.39, 0.29) is 54.7 Å². The highest BCUT2D eigenvalue weighted by atomic mass is 32.2. The van der Waals surface area contributed by atoms with E-state index < -0.39 is 16.3 Å². The van der Waals surface area contributed by atoms with E-state index in [1.165, 1.54) is 19.2 Å². The van der Waals surface area contributed by atoms with Crippen LogP contribution in [0.2, 0.25) is 0 Å². The van der Waals surface area contributed by atoms with Crippen LogP contribution in [0.5, 0.6) is 5.75 Å². The Labute approximate surface area is 201 Å². The molecule has 1 aromatic carbocycles. The number of ether oxygens (including phenoxy) is 4. The summed E-state index contributed by atoms with van der Waals surface area (Å²) in [4.78, 5) is 12.5. The minimum Gasteiger partial charge on any atom is -0.497 e. The van der Waals surface area contributed by atoms with Crippen molar-refractivity contribution in [2.24, 2.45) is 11.8 Å². The Morgan fingerprint density at radius 2 is 1.91 bits per heavy atom. The molecule has 0 saturated carbocycles. The summed E-state index contributed by atoms with van der Waals surface area (Å²) in [6.07, 6.45) is 1.65. The Balaban J connectivity index is 2.02. The van der Waals surface area contributed by atoms with Gasteiger partial charge in [-0.1, -0.05) is 13.8 Å². The molecule has 1 aromatic rings. The van der Waals surface area contributed by atoms with Gasteiger partial charge in [0, 0.05) is 33.2 Å². The molecule has 1 heterocycles. The second-order valence-corrected chi connectivity index (χ2v) is 10.1. The SMILES string of the molecule is COCCNC(=O)C1=C[C@H](C(C)C)C[C@H](OCCN(CCO)S(=O)(=O)c2ccc(OC)cc2)O1. The highest BCUT2D eigenvalue weighted by molar-refractivity contribution is 7.89. The van der Waals surface area contributed by atoms with Gasteiger partial charge in [0.05, 0.1) is 31.8 Å². The van der Waals surface area contributed by atoms with Crippen LogP contribution in [0.15, 0.2) is 41.0 Å². The summed E-state index contributed by atoms with van der Waals surface area (Å²) in [5.41, 5.74) is 0. The average molecular weight is 501 g/mol. The summed E-state index contributed by atoms with van der Waals surface area (Å²) < 4.78 is 48.8. The lowest BCUT2D eigenvalue weighted by Crippen LogP contribution is -2.39. The highest BCUT2D eigenvalue weighted by Gasteiger charge is 2.30. The number of carbonyl (C=O) groups excluding carboxylic acids is 1. The van der Waals surface area contributed by atoms with Crippen molar-refractivity contribution < 1.29 is 37.3 Å². The summed E-state index contributed by atoms with van der Waals surface area (Å²) in [6.45, 7) is 4.47. The molecule has 0 aromatic heterocycles. The lowest BCUT2D eigenvalue weighted by molar-refractivity contribution is -0.150. The third kappa shape index (κ3) is 7.95. The molecule has 34 heavy (non-hydrogen) atoms. The van der Waals surface area contributed by atoms with E-state index in [9.17, 15) is 18.3 Å². The van der Waals surface area contributed by atoms with Crippen molar-refractivity contribution in [3.05, 3.63) is 36.1 Å². The number of rotatable bonds is 14. The predicted octanol–water partition coefficient (Wildman–Crippen LogP) is 1.36. The van der Waals surface area contributed by atoms with Crippen molar-refractivity contribution in [3.63, 3.8) is 0 Å². The topological polar surface area (TPSA) is 124 Å². The number of methoxy groups -OCH3 is 2. The van der Waals surface area contributed by atoms with Crippen LogP contribution in [-0.2, 0) is 29.0 Å². The summed E-state index contributed by atoms with van der Waals surface area (Å²) >= 11 is 0. The molecule has 11 heteroatoms. The first-order valence-corrected chi connectivity index (χ1v) is 12.7. The normalized spacial score (nSPS) is 18.5. The molecule has 1 amide bonds. The van der Waals surface area contributed by atoms with Gasteiger partial charge in [-0.15, -0.1) is 0 Å². The number of nitrogens with zero attached hydrogens (tertiary/aromatic N) is 1. The van der Waals surface area contributed by atoms with Crippen LogP contribution in [0.1, 0.15) is 20.3 Å². The molecule has 10 nitrogen and oxygen atoms in total. The first kappa shape index (κ1) is 28.1. The second kappa shape index (κ2) is 13.6. The van der Waals surface area contributed by atoms with Crippen molar-refractivity contribution in [2.75, 3.05) is 53.7 Å². The molecule has 2 rings (SSSR count). The van der Waals surface area contributed by atoms with Gasteiger partial charge in [0.1, 0.15) is 5.75 Å². The van der Waals surface area contributed by atoms with Crippen molar-refractivity contribution in [3.8, 4) is 5.75 Å². The Kier molecular flexibility index (Phi) is 11.3. The van der Waals surface area contributed by atoms with E-state index in [0.29, 0.717) is 25.3 Å². The fraction of sp³-hybridized carbons (Fsp3) is 0.609. The molecule has 192 valence electrons. The Hall–Kier alpha value is -2.18. The number of aliphatic hydroxyl groups is 1. The molecule has 0 unspecified atom stereocenters. The first-order chi connectivity index (χ1) is 16.2. The zero-order valence-electron chi connectivity index (χ0n) is 20.2. The first-order valence-electron chi connectivity index (χ1n) is 11.2. The zero-order valence-corrected chi connectivity index (χ0v) is 21.0. The third-order valence-corrected chi connectivity index (χ3v) is 7.36. The second-order valence-electron chi connectivity index (χ2n) is 8.14. The van der Waals surface area contributed by atoms with Crippen LogP contribution in [0.4, 0.5) is 0 Å². The average Bonchev–Trinajstić information content (AvgIpc) is 2.83. The number of sulfonamides is 1. The van der Waals surface area contributed by atoms with Gasteiger partial charge < -0.3 is 29.4 Å². The molecule has 1 aliphatic heterocycles. The third-order valence-electron chi connectivity index (χ3n) is 5.45. The van der Waals surface area contributed by atoms with E-state index in [1.54, 1.807) is 25.3 Å². The van der Waals surface area contributed by atoms with Crippen molar-refractivity contribution in [1.29, 1.82) is 0 Å². The molecule has 0 spiro atoms. The van der Waals surface area contributed by atoms with Crippen LogP contribution in [0.3, 0.4) is 0 Å². The number of nitrogens with one attached hydrogen (secondary N) is 1. The van der Waals surface area contributed by atoms with Gasteiger partial charge in [-0.25, -0.2) is 8.42 Å². The van der Waals surface area contributed by atoms with E-state index in [0.717, 1.165) is 4.31 Å². The van der Waals surface area contributed by atoms with Gasteiger partial charge in [0.15, 0.2) is 5.76 Å². The Morgan fingerprint density at radius 1 is 1.21 bits per heavy atom. The van der Waals surface area contributed by atoms with Gasteiger partial charge in [0.2, 0.25) is 16.3 Å². The number of benzene rings is 1. The molecule has 0 radical (unpaired) electrons. The summed E-state index contributed by atoms with van der Waals surface area (Å²) in [6, 6.07) is 6.04. The largest absolute Gasteiger partial charge is 0.497 e. The number of hydrogen-bond acceptors (Lipinski definition) is 8. The number of aliphatic hydroxyl groups excluding tert-OH is 1. The Morgan fingerprint density at radius 3 is 2.50 bits per heavy atom. The predicted molar refractivity (Wildman–Crippen MR) is 126 cm³/mol. The zero-order chi connectivity index (χ0) is 25.1. The fourth-order valence-electron chi connectivity index (χ4n) is 3.41. The van der Waals surface area contributed by atoms with Crippen molar-refractivity contribution >= 4 is 15.9 Å². The molecule has 0 bridgehead atoms. The van der Waals surface area contributed by atoms with E-state index in [2.05, 4.69) is 19.2 Å². The summed E-state index contributed by atoms with van der Waals surface area (Å²) in [5.74, 6) is 0.709. The van der Waals surface area contributed by atoms with E-state index in [1.807, 2.05) is 0 Å². The quantitative estimate of drug-likeness (QED) is 0.367. The minimum atomic E-state index is -3.84. The van der Waals surface area contributed by atoms with Crippen LogP contribution in [0.25, 0.3) is 0 Å². The molecular weight excluding hydrogens is 464 g/mol. The number of amides is 1. The lowest BCUT2D eigenvalue weighted by Gasteiger charge is -2.31. The molecule has 1 aliphatic rings. The lowest BCUT2D eigenvalue weighted by atomic mass is 9.90. The molecule has 0 aliphatic carbocycles. The maximum atomic E-state index is 13.0. The van der Waals surface area contributed by atoms with Crippen molar-refractivity contribution in [1.82, 2.24) is 9.62 Å². The van der Waals surface area contributed by atoms with Gasteiger partial charge in [-0.3, -0.25) is 4.79 Å². The van der Waals surface area contributed by atoms with Gasteiger partial charge in [-0.05, 0) is 42.2 Å².